The van der Waals surface area contributed by atoms with E-state index < -0.39 is 0 Å². The van der Waals surface area contributed by atoms with E-state index in [-0.39, 0.29) is 23.7 Å². The lowest BCUT2D eigenvalue weighted by Crippen LogP contribution is -2.35. The minimum atomic E-state index is -0.112. The van der Waals surface area contributed by atoms with Gasteiger partial charge in [-0.15, -0.1) is 0 Å². The molecule has 2 amide bonds. The van der Waals surface area contributed by atoms with E-state index in [1.165, 1.54) is 4.90 Å². The Morgan fingerprint density at radius 2 is 1.71 bits per heavy atom. The largest absolute Gasteiger partial charge is 0.329 e. The molecule has 1 aliphatic heterocycles. The van der Waals surface area contributed by atoms with Crippen molar-refractivity contribution in [1.82, 2.24) is 4.90 Å². The average Bonchev–Trinajstić information content (AvgIpc) is 2.45. The number of nitrogens with zero attached hydrogens (tertiary/aromatic N) is 1. The van der Waals surface area contributed by atoms with Crippen LogP contribution in [0.5, 0.6) is 0 Å². The van der Waals surface area contributed by atoms with Crippen molar-refractivity contribution in [3.63, 3.8) is 0 Å². The molecule has 76 valence electrons. The zero-order valence-corrected chi connectivity index (χ0v) is 7.98. The van der Waals surface area contributed by atoms with Crippen LogP contribution in [0.2, 0.25) is 0 Å². The molecule has 0 radical (unpaired) electrons. The summed E-state index contributed by atoms with van der Waals surface area (Å²) >= 11 is 0. The number of allylic oxidation sites excluding steroid dienone is 2. The van der Waals surface area contributed by atoms with Gasteiger partial charge < -0.3 is 5.73 Å². The molecule has 0 unspecified atom stereocenters. The highest BCUT2D eigenvalue weighted by molar-refractivity contribution is 6.05. The summed E-state index contributed by atoms with van der Waals surface area (Å²) in [6.45, 7) is 0.717. The Bertz CT molecular complexity index is 272. The van der Waals surface area contributed by atoms with Crippen LogP contribution >= 0.6 is 0 Å². The Morgan fingerprint density at radius 3 is 2.14 bits per heavy atom. The Morgan fingerprint density at radius 1 is 1.21 bits per heavy atom. The highest BCUT2D eigenvalue weighted by Gasteiger charge is 2.46. The number of nitrogens with two attached hydrogens (primary N) is 1. The van der Waals surface area contributed by atoms with Gasteiger partial charge in [0.05, 0.1) is 11.8 Å². The number of fused-ring (bicyclic) bond motifs is 1. The molecule has 0 saturated carbocycles. The Balaban J connectivity index is 2.19. The molecule has 0 aromatic rings. The molecule has 14 heavy (non-hydrogen) atoms. The summed E-state index contributed by atoms with van der Waals surface area (Å²) in [5.41, 5.74) is 5.36. The molecule has 2 aliphatic rings. The van der Waals surface area contributed by atoms with E-state index in [0.717, 1.165) is 0 Å². The van der Waals surface area contributed by atoms with E-state index in [0.29, 0.717) is 25.9 Å². The maximum absolute atomic E-state index is 11.8. The normalized spacial score (nSPS) is 31.1. The molecule has 2 rings (SSSR count). The summed E-state index contributed by atoms with van der Waals surface area (Å²) in [6, 6.07) is 0. The molecule has 0 aromatic carbocycles. The van der Waals surface area contributed by atoms with Crippen molar-refractivity contribution in [2.24, 2.45) is 17.6 Å². The zero-order valence-electron chi connectivity index (χ0n) is 7.98. The van der Waals surface area contributed by atoms with Gasteiger partial charge in [-0.2, -0.15) is 0 Å². The fraction of sp³-hybridized carbons (Fsp3) is 0.600. The molecule has 1 fully saturated rings. The second-order valence-electron chi connectivity index (χ2n) is 3.77. The van der Waals surface area contributed by atoms with E-state index in [4.69, 9.17) is 5.73 Å². The molecular formula is C10H14N2O2. The summed E-state index contributed by atoms with van der Waals surface area (Å²) in [7, 11) is 0. The van der Waals surface area contributed by atoms with Gasteiger partial charge in [0, 0.05) is 13.1 Å². The zero-order chi connectivity index (χ0) is 10.1. The third-order valence-electron chi connectivity index (χ3n) is 2.95. The Hall–Kier alpha value is -1.16. The number of amides is 2. The second-order valence-corrected chi connectivity index (χ2v) is 3.77. The number of hydrogen-bond acceptors (Lipinski definition) is 3. The van der Waals surface area contributed by atoms with Crippen molar-refractivity contribution in [3.8, 4) is 0 Å². The average molecular weight is 194 g/mol. The lowest BCUT2D eigenvalue weighted by Gasteiger charge is -2.14. The highest BCUT2D eigenvalue weighted by Crippen LogP contribution is 2.34. The van der Waals surface area contributed by atoms with E-state index in [1.807, 2.05) is 12.2 Å². The molecule has 2 N–H and O–H groups in total. The lowest BCUT2D eigenvalue weighted by atomic mass is 9.85. The van der Waals surface area contributed by atoms with Gasteiger partial charge in [-0.25, -0.2) is 0 Å². The summed E-state index contributed by atoms with van der Waals surface area (Å²) in [5.74, 6) is -0.289. The van der Waals surface area contributed by atoms with Gasteiger partial charge in [-0.3, -0.25) is 14.5 Å². The molecular weight excluding hydrogens is 180 g/mol. The Kier molecular flexibility index (Phi) is 2.37. The predicted molar refractivity (Wildman–Crippen MR) is 51.1 cm³/mol. The van der Waals surface area contributed by atoms with Gasteiger partial charge in [-0.05, 0) is 12.8 Å². The van der Waals surface area contributed by atoms with Crippen LogP contribution in [-0.2, 0) is 9.59 Å². The molecule has 1 heterocycles. The number of imide groups is 1. The fourth-order valence-corrected chi connectivity index (χ4v) is 2.22. The van der Waals surface area contributed by atoms with Gasteiger partial charge in [-0.1, -0.05) is 12.2 Å². The van der Waals surface area contributed by atoms with Crippen LogP contribution in [0.1, 0.15) is 12.8 Å². The summed E-state index contributed by atoms with van der Waals surface area (Å²) in [6.07, 6.45) is 5.38. The second kappa shape index (κ2) is 3.53. The third-order valence-corrected chi connectivity index (χ3v) is 2.95. The van der Waals surface area contributed by atoms with Crippen LogP contribution in [-0.4, -0.2) is 29.8 Å². The van der Waals surface area contributed by atoms with Crippen molar-refractivity contribution >= 4 is 11.8 Å². The maximum atomic E-state index is 11.8. The molecule has 0 bridgehead atoms. The molecule has 4 heteroatoms. The topological polar surface area (TPSA) is 63.4 Å². The standard InChI is InChI=1S/C10H14N2O2/c11-5-6-12-9(13)7-3-1-2-4-8(7)10(12)14/h1-2,7-8H,3-6,11H2/t7-,8-/m1/s1. The first kappa shape index (κ1) is 9.40. The molecule has 2 atom stereocenters. The van der Waals surface area contributed by atoms with Gasteiger partial charge in [0.25, 0.3) is 0 Å². The molecule has 0 spiro atoms. The third kappa shape index (κ3) is 1.26. The fourth-order valence-electron chi connectivity index (χ4n) is 2.22. The van der Waals surface area contributed by atoms with E-state index in [2.05, 4.69) is 0 Å². The molecule has 1 saturated heterocycles. The number of rotatable bonds is 2. The van der Waals surface area contributed by atoms with Crippen LogP contribution in [0.3, 0.4) is 0 Å². The number of likely N-dealkylation sites (tertiary alicyclic amines) is 1. The minimum absolute atomic E-state index is 0.0326. The monoisotopic (exact) mass is 194 g/mol. The summed E-state index contributed by atoms with van der Waals surface area (Å²) in [5, 5.41) is 0. The van der Waals surface area contributed by atoms with Crippen LogP contribution in [0.4, 0.5) is 0 Å². The first-order valence-corrected chi connectivity index (χ1v) is 4.96. The van der Waals surface area contributed by atoms with E-state index >= 15 is 0 Å². The first-order valence-electron chi connectivity index (χ1n) is 4.96. The van der Waals surface area contributed by atoms with Crippen LogP contribution < -0.4 is 5.73 Å². The van der Waals surface area contributed by atoms with Gasteiger partial charge in [0.1, 0.15) is 0 Å². The first-order chi connectivity index (χ1) is 6.75. The molecule has 0 aromatic heterocycles. The van der Waals surface area contributed by atoms with Gasteiger partial charge in [0.15, 0.2) is 0 Å². The quantitative estimate of drug-likeness (QED) is 0.493. The number of carbonyl (C=O) groups excluding carboxylic acids is 2. The Labute approximate surface area is 82.7 Å². The van der Waals surface area contributed by atoms with Crippen molar-refractivity contribution in [1.29, 1.82) is 0 Å². The van der Waals surface area contributed by atoms with Crippen LogP contribution in [0.15, 0.2) is 12.2 Å². The summed E-state index contributed by atoms with van der Waals surface area (Å²) in [4.78, 5) is 24.8. The SMILES string of the molecule is NCCN1C(=O)[C@@H]2CC=CC[C@H]2C1=O. The van der Waals surface area contributed by atoms with Crippen molar-refractivity contribution in [3.05, 3.63) is 12.2 Å². The molecule has 4 nitrogen and oxygen atoms in total. The number of carbonyl (C=O) groups is 2. The summed E-state index contributed by atoms with van der Waals surface area (Å²) < 4.78 is 0. The molecule has 1 aliphatic carbocycles. The van der Waals surface area contributed by atoms with Gasteiger partial charge >= 0.3 is 0 Å². The van der Waals surface area contributed by atoms with Crippen molar-refractivity contribution in [2.75, 3.05) is 13.1 Å². The van der Waals surface area contributed by atoms with Crippen LogP contribution in [0, 0.1) is 11.8 Å². The smallest absolute Gasteiger partial charge is 0.233 e. The van der Waals surface area contributed by atoms with Crippen LogP contribution in [0.25, 0.3) is 0 Å². The van der Waals surface area contributed by atoms with Gasteiger partial charge in [0.2, 0.25) is 11.8 Å². The maximum Gasteiger partial charge on any atom is 0.233 e. The predicted octanol–water partition coefficient (Wildman–Crippen LogP) is -0.104. The number of hydrogen-bond donors (Lipinski definition) is 1. The van der Waals surface area contributed by atoms with E-state index in [1.54, 1.807) is 0 Å². The highest BCUT2D eigenvalue weighted by atomic mass is 16.2. The van der Waals surface area contributed by atoms with Crippen molar-refractivity contribution in [2.45, 2.75) is 12.8 Å². The lowest BCUT2D eigenvalue weighted by molar-refractivity contribution is -0.139. The van der Waals surface area contributed by atoms with Crippen molar-refractivity contribution < 1.29 is 9.59 Å². The minimum Gasteiger partial charge on any atom is -0.329 e. The van der Waals surface area contributed by atoms with E-state index in [9.17, 15) is 9.59 Å².